The molecule has 1 atom stereocenters. The molecule has 0 saturated carbocycles. The summed E-state index contributed by atoms with van der Waals surface area (Å²) in [6, 6.07) is 8.53. The van der Waals surface area contributed by atoms with Gasteiger partial charge in [-0.15, -0.1) is 0 Å². The summed E-state index contributed by atoms with van der Waals surface area (Å²) in [7, 11) is -3.53. The minimum Gasteiger partial charge on any atom is -0.296 e. The number of hydrogen-bond acceptors (Lipinski definition) is 5. The zero-order valence-electron chi connectivity index (χ0n) is 18.4. The van der Waals surface area contributed by atoms with E-state index >= 15 is 0 Å². The summed E-state index contributed by atoms with van der Waals surface area (Å²) in [5.74, 6) is 1.89. The molecule has 8 heteroatoms. The van der Waals surface area contributed by atoms with Crippen LogP contribution in [-0.2, 0) is 21.2 Å². The molecule has 0 N–H and O–H groups in total. The van der Waals surface area contributed by atoms with Crippen LogP contribution >= 0.6 is 0 Å². The Morgan fingerprint density at radius 3 is 2.58 bits per heavy atom. The second kappa shape index (κ2) is 8.67. The topological polar surface area (TPSA) is 83.5 Å². The molecule has 31 heavy (non-hydrogen) atoms. The molecule has 0 bridgehead atoms. The highest BCUT2D eigenvalue weighted by Crippen LogP contribution is 2.34. The van der Waals surface area contributed by atoms with Gasteiger partial charge in [0.25, 0.3) is 0 Å². The number of carbonyl (C=O) groups excluding carboxylic acids is 1. The SMILES string of the molecule is Cc1nc([C@H]2CCN(S(=O)(=O)c3ccccc3)C2)nc2c1CCC(=O)N2CCC(C)C. The molecule has 2 aliphatic rings. The summed E-state index contributed by atoms with van der Waals surface area (Å²) in [5, 5.41) is 0. The van der Waals surface area contributed by atoms with E-state index in [0.717, 1.165) is 23.5 Å². The van der Waals surface area contributed by atoms with Crippen molar-refractivity contribution in [2.75, 3.05) is 24.5 Å². The highest BCUT2D eigenvalue weighted by atomic mass is 32.2. The van der Waals surface area contributed by atoms with Crippen LogP contribution in [0.15, 0.2) is 35.2 Å². The predicted molar refractivity (Wildman–Crippen MR) is 119 cm³/mol. The maximum absolute atomic E-state index is 13.0. The first kappa shape index (κ1) is 21.9. The van der Waals surface area contributed by atoms with E-state index in [0.29, 0.717) is 55.5 Å². The molecule has 166 valence electrons. The van der Waals surface area contributed by atoms with Crippen LogP contribution in [0.4, 0.5) is 5.82 Å². The lowest BCUT2D eigenvalue weighted by atomic mass is 10.0. The molecule has 1 saturated heterocycles. The summed E-state index contributed by atoms with van der Waals surface area (Å²) in [4.78, 5) is 24.3. The Morgan fingerprint density at radius 2 is 1.87 bits per heavy atom. The van der Waals surface area contributed by atoms with Gasteiger partial charge in [-0.1, -0.05) is 32.0 Å². The summed E-state index contributed by atoms with van der Waals surface area (Å²) in [5.41, 5.74) is 1.94. The maximum atomic E-state index is 13.0. The molecule has 1 aromatic heterocycles. The molecular weight excluding hydrogens is 412 g/mol. The van der Waals surface area contributed by atoms with Crippen LogP contribution in [0, 0.1) is 12.8 Å². The summed E-state index contributed by atoms with van der Waals surface area (Å²) < 4.78 is 27.5. The van der Waals surface area contributed by atoms with Crippen molar-refractivity contribution in [2.24, 2.45) is 5.92 Å². The van der Waals surface area contributed by atoms with E-state index in [-0.39, 0.29) is 11.8 Å². The Morgan fingerprint density at radius 1 is 1.13 bits per heavy atom. The van der Waals surface area contributed by atoms with Gasteiger partial charge in [0.05, 0.1) is 4.90 Å². The van der Waals surface area contributed by atoms with E-state index < -0.39 is 10.0 Å². The monoisotopic (exact) mass is 442 g/mol. The molecule has 0 aliphatic carbocycles. The van der Waals surface area contributed by atoms with Crippen LogP contribution in [0.2, 0.25) is 0 Å². The Kier molecular flexibility index (Phi) is 6.12. The molecule has 3 heterocycles. The van der Waals surface area contributed by atoms with E-state index in [1.165, 1.54) is 4.31 Å². The molecule has 1 aromatic carbocycles. The molecule has 1 fully saturated rings. The Balaban J connectivity index is 1.60. The first-order valence-electron chi connectivity index (χ1n) is 11.0. The van der Waals surface area contributed by atoms with E-state index in [9.17, 15) is 13.2 Å². The van der Waals surface area contributed by atoms with Crippen LogP contribution in [0.5, 0.6) is 0 Å². The van der Waals surface area contributed by atoms with Gasteiger partial charge >= 0.3 is 0 Å². The van der Waals surface area contributed by atoms with Gasteiger partial charge in [0.15, 0.2) is 0 Å². The van der Waals surface area contributed by atoms with Gasteiger partial charge in [-0.25, -0.2) is 18.4 Å². The minimum absolute atomic E-state index is 0.0773. The van der Waals surface area contributed by atoms with E-state index in [1.54, 1.807) is 24.3 Å². The second-order valence-electron chi connectivity index (χ2n) is 8.86. The number of rotatable bonds is 6. The number of carbonyl (C=O) groups is 1. The first-order valence-corrected chi connectivity index (χ1v) is 12.4. The number of fused-ring (bicyclic) bond motifs is 1. The predicted octanol–water partition coefficient (Wildman–Crippen LogP) is 3.29. The van der Waals surface area contributed by atoms with Gasteiger partial charge in [0, 0.05) is 43.2 Å². The number of hydrogen-bond donors (Lipinski definition) is 0. The first-order chi connectivity index (χ1) is 14.8. The molecule has 0 radical (unpaired) electrons. The zero-order valence-corrected chi connectivity index (χ0v) is 19.2. The van der Waals surface area contributed by atoms with Crippen LogP contribution in [-0.4, -0.2) is 48.2 Å². The van der Waals surface area contributed by atoms with Crippen molar-refractivity contribution in [3.63, 3.8) is 0 Å². The number of anilines is 1. The van der Waals surface area contributed by atoms with Gasteiger partial charge in [-0.2, -0.15) is 4.31 Å². The smallest absolute Gasteiger partial charge is 0.243 e. The molecular formula is C23H30N4O3S. The fourth-order valence-corrected chi connectivity index (χ4v) is 5.82. The Hall–Kier alpha value is -2.32. The van der Waals surface area contributed by atoms with Crippen molar-refractivity contribution in [2.45, 2.75) is 57.3 Å². The van der Waals surface area contributed by atoms with Gasteiger partial charge in [0.1, 0.15) is 11.6 Å². The zero-order chi connectivity index (χ0) is 22.2. The van der Waals surface area contributed by atoms with Gasteiger partial charge in [0.2, 0.25) is 15.9 Å². The van der Waals surface area contributed by atoms with Crippen molar-refractivity contribution in [1.82, 2.24) is 14.3 Å². The summed E-state index contributed by atoms with van der Waals surface area (Å²) in [6.07, 6.45) is 2.74. The summed E-state index contributed by atoms with van der Waals surface area (Å²) >= 11 is 0. The average Bonchev–Trinajstić information content (AvgIpc) is 3.24. The third kappa shape index (κ3) is 4.36. The van der Waals surface area contributed by atoms with E-state index in [2.05, 4.69) is 13.8 Å². The van der Waals surface area contributed by atoms with Gasteiger partial charge in [-0.3, -0.25) is 9.69 Å². The number of aromatic nitrogens is 2. The van der Waals surface area contributed by atoms with Crippen molar-refractivity contribution >= 4 is 21.7 Å². The quantitative estimate of drug-likeness (QED) is 0.686. The minimum atomic E-state index is -3.53. The maximum Gasteiger partial charge on any atom is 0.243 e. The number of sulfonamides is 1. The van der Waals surface area contributed by atoms with Crippen LogP contribution in [0.1, 0.15) is 56.1 Å². The largest absolute Gasteiger partial charge is 0.296 e. The summed E-state index contributed by atoms with van der Waals surface area (Å²) in [6.45, 7) is 7.71. The highest BCUT2D eigenvalue weighted by molar-refractivity contribution is 7.89. The molecule has 2 aromatic rings. The molecule has 7 nitrogen and oxygen atoms in total. The lowest BCUT2D eigenvalue weighted by molar-refractivity contribution is -0.119. The molecule has 2 aliphatic heterocycles. The van der Waals surface area contributed by atoms with E-state index in [1.807, 2.05) is 17.9 Å². The highest BCUT2D eigenvalue weighted by Gasteiger charge is 2.36. The number of nitrogens with zero attached hydrogens (tertiary/aromatic N) is 4. The van der Waals surface area contributed by atoms with Crippen molar-refractivity contribution < 1.29 is 13.2 Å². The number of amides is 1. The van der Waals surface area contributed by atoms with E-state index in [4.69, 9.17) is 9.97 Å². The standard InChI is InChI=1S/C23H30N4O3S/c1-16(2)11-14-27-21(28)10-9-20-17(3)24-22(25-23(20)27)18-12-13-26(15-18)31(29,30)19-7-5-4-6-8-19/h4-8,16,18H,9-15H2,1-3H3/t18-/m0/s1. The lowest BCUT2D eigenvalue weighted by Crippen LogP contribution is -2.38. The number of aryl methyl sites for hydroxylation is 1. The third-order valence-corrected chi connectivity index (χ3v) is 8.06. The molecule has 0 spiro atoms. The third-order valence-electron chi connectivity index (χ3n) is 6.18. The number of benzene rings is 1. The average molecular weight is 443 g/mol. The van der Waals surface area contributed by atoms with Gasteiger partial charge in [-0.05, 0) is 44.2 Å². The van der Waals surface area contributed by atoms with Crippen LogP contribution in [0.3, 0.4) is 0 Å². The van der Waals surface area contributed by atoms with Crippen molar-refractivity contribution in [1.29, 1.82) is 0 Å². The van der Waals surface area contributed by atoms with Crippen molar-refractivity contribution in [3.05, 3.63) is 47.4 Å². The fourth-order valence-electron chi connectivity index (χ4n) is 4.30. The second-order valence-corrected chi connectivity index (χ2v) is 10.8. The van der Waals surface area contributed by atoms with Gasteiger partial charge < -0.3 is 0 Å². The normalized spacial score (nSPS) is 19.8. The molecule has 0 unspecified atom stereocenters. The molecule has 4 rings (SSSR count). The lowest BCUT2D eigenvalue weighted by Gasteiger charge is -2.30. The Labute approximate surface area is 184 Å². The van der Waals surface area contributed by atoms with Crippen molar-refractivity contribution in [3.8, 4) is 0 Å². The fraction of sp³-hybridized carbons (Fsp3) is 0.522. The molecule has 1 amide bonds. The Bertz CT molecular complexity index is 1070. The van der Waals surface area contributed by atoms with Crippen LogP contribution < -0.4 is 4.90 Å². The van der Waals surface area contributed by atoms with Crippen LogP contribution in [0.25, 0.3) is 0 Å².